The van der Waals surface area contributed by atoms with E-state index in [1.54, 1.807) is 0 Å². The van der Waals surface area contributed by atoms with Gasteiger partial charge in [0.2, 0.25) is 0 Å². The van der Waals surface area contributed by atoms with Crippen LogP contribution in [0.15, 0.2) is 0 Å². The lowest BCUT2D eigenvalue weighted by Crippen LogP contribution is -2.71. The van der Waals surface area contributed by atoms with Gasteiger partial charge in [-0.25, -0.2) is 8.78 Å². The van der Waals surface area contributed by atoms with Gasteiger partial charge in [0.1, 0.15) is 6.54 Å². The van der Waals surface area contributed by atoms with Crippen LogP contribution in [0.2, 0.25) is 0 Å². The number of nitrogens with one attached hydrogen (secondary N) is 1. The van der Waals surface area contributed by atoms with Crippen molar-refractivity contribution in [2.24, 2.45) is 0 Å². The maximum atomic E-state index is 13.3. The fourth-order valence-electron chi connectivity index (χ4n) is 1.36. The molecule has 0 aromatic heterocycles. The summed E-state index contributed by atoms with van der Waals surface area (Å²) >= 11 is 0. The van der Waals surface area contributed by atoms with Crippen LogP contribution >= 0.6 is 0 Å². The van der Waals surface area contributed by atoms with Crippen LogP contribution in [-0.2, 0) is 14.3 Å². The Hall–Kier alpha value is -1.90. The molecule has 0 aromatic rings. The van der Waals surface area contributed by atoms with Gasteiger partial charge in [-0.1, -0.05) is 0 Å². The fraction of sp³-hybridized carbons (Fsp3) is 0.818. The Balaban J connectivity index is 5.85. The van der Waals surface area contributed by atoms with E-state index >= 15 is 0 Å². The van der Waals surface area contributed by atoms with Gasteiger partial charge in [0.05, 0.1) is 6.61 Å². The molecule has 0 atom stereocenters. The van der Waals surface area contributed by atoms with Crippen molar-refractivity contribution in [3.63, 3.8) is 0 Å². The van der Waals surface area contributed by atoms with Crippen molar-refractivity contribution in [1.82, 2.24) is 5.32 Å². The standard InChI is InChI=1S/C11H9F12NO3/c1-2-27-4(25)3-24-6(26)8(16,17)10(20,21)11(22,23)9(18,19)7(14,15)5(12)13/h5H,2-3H2,1H3,(H,24,26). The Labute approximate surface area is 141 Å². The summed E-state index contributed by atoms with van der Waals surface area (Å²) in [5.74, 6) is -42.0. The summed E-state index contributed by atoms with van der Waals surface area (Å²) < 4.78 is 158. The van der Waals surface area contributed by atoms with Crippen molar-refractivity contribution < 1.29 is 67.0 Å². The molecule has 1 N–H and O–H groups in total. The lowest BCUT2D eigenvalue weighted by Gasteiger charge is -2.38. The van der Waals surface area contributed by atoms with Gasteiger partial charge in [0.15, 0.2) is 0 Å². The third kappa shape index (κ3) is 4.02. The van der Waals surface area contributed by atoms with E-state index in [2.05, 4.69) is 4.74 Å². The SMILES string of the molecule is CCOC(=O)CNC(=O)C(F)(F)C(F)(F)C(F)(F)C(F)(F)C(F)(F)C(F)F. The zero-order chi connectivity index (χ0) is 22.1. The Kier molecular flexibility index (Phi) is 7.08. The molecule has 4 nitrogen and oxygen atoms in total. The third-order valence-electron chi connectivity index (χ3n) is 2.86. The van der Waals surface area contributed by atoms with Crippen LogP contribution in [0, 0.1) is 0 Å². The van der Waals surface area contributed by atoms with E-state index < -0.39 is 61.1 Å². The highest BCUT2D eigenvalue weighted by Gasteiger charge is 2.89. The number of carbonyl (C=O) groups is 2. The molecule has 16 heteroatoms. The number of hydrogen-bond acceptors (Lipinski definition) is 3. The predicted octanol–water partition coefficient (Wildman–Crippen LogP) is 3.11. The van der Waals surface area contributed by atoms with E-state index in [1.807, 2.05) is 0 Å². The number of carbonyl (C=O) groups excluding carboxylic acids is 2. The maximum Gasteiger partial charge on any atom is 0.392 e. The molecule has 0 unspecified atom stereocenters. The van der Waals surface area contributed by atoms with Crippen LogP contribution in [0.25, 0.3) is 0 Å². The van der Waals surface area contributed by atoms with E-state index in [0.29, 0.717) is 5.32 Å². The minimum absolute atomic E-state index is 0.395. The molecular formula is C11H9F12NO3. The topological polar surface area (TPSA) is 55.4 Å². The molecule has 0 aliphatic rings. The Morgan fingerprint density at radius 2 is 1.30 bits per heavy atom. The summed E-state index contributed by atoms with van der Waals surface area (Å²) in [7, 11) is 0. The second-order valence-corrected chi connectivity index (χ2v) is 4.71. The predicted molar refractivity (Wildman–Crippen MR) is 60.4 cm³/mol. The fourth-order valence-corrected chi connectivity index (χ4v) is 1.36. The monoisotopic (exact) mass is 431 g/mol. The molecular weight excluding hydrogens is 422 g/mol. The molecule has 0 saturated heterocycles. The van der Waals surface area contributed by atoms with Gasteiger partial charge in [-0.3, -0.25) is 9.59 Å². The summed E-state index contributed by atoms with van der Waals surface area (Å²) in [5, 5.41) is 0.641. The number of amides is 1. The largest absolute Gasteiger partial charge is 0.465 e. The minimum atomic E-state index is -7.81. The first kappa shape index (κ1) is 25.1. The quantitative estimate of drug-likeness (QED) is 0.451. The van der Waals surface area contributed by atoms with Crippen molar-refractivity contribution >= 4 is 11.9 Å². The number of alkyl halides is 12. The molecule has 0 fully saturated rings. The molecule has 0 saturated carbocycles. The van der Waals surface area contributed by atoms with Crippen molar-refractivity contribution in [2.75, 3.05) is 13.2 Å². The van der Waals surface area contributed by atoms with Crippen LogP contribution < -0.4 is 5.32 Å². The molecule has 160 valence electrons. The summed E-state index contributed by atoms with van der Waals surface area (Å²) in [6, 6.07) is 0. The summed E-state index contributed by atoms with van der Waals surface area (Å²) in [4.78, 5) is 21.7. The highest BCUT2D eigenvalue weighted by Crippen LogP contribution is 2.58. The Morgan fingerprint density at radius 1 is 0.852 bits per heavy atom. The highest BCUT2D eigenvalue weighted by molar-refractivity contribution is 5.88. The van der Waals surface area contributed by atoms with Gasteiger partial charge in [-0.05, 0) is 6.92 Å². The van der Waals surface area contributed by atoms with Gasteiger partial charge in [0, 0.05) is 0 Å². The highest BCUT2D eigenvalue weighted by atomic mass is 19.4. The van der Waals surface area contributed by atoms with Gasteiger partial charge < -0.3 is 10.1 Å². The molecule has 0 radical (unpaired) electrons. The van der Waals surface area contributed by atoms with E-state index in [4.69, 9.17) is 0 Å². The molecule has 0 bridgehead atoms. The van der Waals surface area contributed by atoms with Crippen LogP contribution in [-0.4, -0.2) is 61.1 Å². The first-order valence-electron chi connectivity index (χ1n) is 6.43. The van der Waals surface area contributed by atoms with Crippen LogP contribution in [0.1, 0.15) is 6.92 Å². The first-order chi connectivity index (χ1) is 11.8. The molecule has 27 heavy (non-hydrogen) atoms. The molecule has 0 spiro atoms. The average Bonchev–Trinajstić information content (AvgIpc) is 2.51. The van der Waals surface area contributed by atoms with Crippen molar-refractivity contribution in [1.29, 1.82) is 0 Å². The van der Waals surface area contributed by atoms with Gasteiger partial charge in [0.25, 0.3) is 5.91 Å². The number of esters is 1. The zero-order valence-electron chi connectivity index (χ0n) is 12.8. The van der Waals surface area contributed by atoms with Gasteiger partial charge in [-0.15, -0.1) is 0 Å². The number of rotatable bonds is 9. The zero-order valence-corrected chi connectivity index (χ0v) is 12.8. The second-order valence-electron chi connectivity index (χ2n) is 4.71. The summed E-state index contributed by atoms with van der Waals surface area (Å²) in [6.45, 7) is -0.823. The molecule has 0 rings (SSSR count). The second kappa shape index (κ2) is 7.61. The first-order valence-corrected chi connectivity index (χ1v) is 6.43. The number of halogens is 12. The molecule has 0 heterocycles. The third-order valence-corrected chi connectivity index (χ3v) is 2.86. The van der Waals surface area contributed by atoms with E-state index in [-0.39, 0.29) is 0 Å². The normalized spacial score (nSPS) is 14.3. The molecule has 0 aliphatic heterocycles. The maximum absolute atomic E-state index is 13.3. The van der Waals surface area contributed by atoms with Gasteiger partial charge >= 0.3 is 42.0 Å². The summed E-state index contributed by atoms with van der Waals surface area (Å²) in [5.41, 5.74) is 0. The lowest BCUT2D eigenvalue weighted by molar-refractivity contribution is -0.407. The van der Waals surface area contributed by atoms with E-state index in [1.165, 1.54) is 6.92 Å². The van der Waals surface area contributed by atoms with E-state index in [9.17, 15) is 62.3 Å². The summed E-state index contributed by atoms with van der Waals surface area (Å²) in [6.07, 6.45) is -5.64. The van der Waals surface area contributed by atoms with E-state index in [0.717, 1.165) is 0 Å². The lowest BCUT2D eigenvalue weighted by atomic mass is 9.94. The average molecular weight is 431 g/mol. The van der Waals surface area contributed by atoms with Crippen molar-refractivity contribution in [2.45, 2.75) is 43.0 Å². The molecule has 1 amide bonds. The Bertz CT molecular complexity index is 563. The minimum Gasteiger partial charge on any atom is -0.465 e. The molecule has 0 aliphatic carbocycles. The molecule has 0 aromatic carbocycles. The van der Waals surface area contributed by atoms with Gasteiger partial charge in [-0.2, -0.15) is 43.9 Å². The Morgan fingerprint density at radius 3 is 1.67 bits per heavy atom. The smallest absolute Gasteiger partial charge is 0.392 e. The van der Waals surface area contributed by atoms with Crippen molar-refractivity contribution in [3.8, 4) is 0 Å². The van der Waals surface area contributed by atoms with Crippen LogP contribution in [0.3, 0.4) is 0 Å². The van der Waals surface area contributed by atoms with Crippen molar-refractivity contribution in [3.05, 3.63) is 0 Å². The van der Waals surface area contributed by atoms with Crippen LogP contribution in [0.5, 0.6) is 0 Å². The number of ether oxygens (including phenoxy) is 1. The number of hydrogen-bond donors (Lipinski definition) is 1. The van der Waals surface area contributed by atoms with Crippen LogP contribution in [0.4, 0.5) is 52.7 Å².